The van der Waals surface area contributed by atoms with Gasteiger partial charge >= 0.3 is 0 Å². The second-order valence-corrected chi connectivity index (χ2v) is 7.91. The zero-order valence-electron chi connectivity index (χ0n) is 16.1. The zero-order valence-corrected chi connectivity index (χ0v) is 17.6. The van der Waals surface area contributed by atoms with Gasteiger partial charge in [0.1, 0.15) is 23.7 Å². The van der Waals surface area contributed by atoms with Crippen LogP contribution >= 0.6 is 22.9 Å². The smallest absolute Gasteiger partial charge is 0.148 e. The van der Waals surface area contributed by atoms with E-state index in [1.54, 1.807) is 17.4 Å². The number of halogens is 2. The van der Waals surface area contributed by atoms with Gasteiger partial charge in [-0.3, -0.25) is 0 Å². The Morgan fingerprint density at radius 2 is 2.07 bits per heavy atom. The molecule has 0 atom stereocenters. The maximum absolute atomic E-state index is 14.4. The second kappa shape index (κ2) is 8.39. The lowest BCUT2D eigenvalue weighted by atomic mass is 10.2. The molecule has 0 radical (unpaired) electrons. The molecule has 3 aromatic heterocycles. The van der Waals surface area contributed by atoms with Crippen molar-refractivity contribution in [1.29, 1.82) is 0 Å². The average molecular weight is 431 g/mol. The summed E-state index contributed by atoms with van der Waals surface area (Å²) < 4.78 is 21.9. The van der Waals surface area contributed by atoms with Crippen LogP contribution in [-0.4, -0.2) is 27.7 Å². The SMILES string of the molecule is CCOc1csc(-c2cc(NCCn3c(C)cc4cc(Cl)cc(F)c43)ncn2)c1. The largest absolute Gasteiger partial charge is 0.493 e. The number of aryl methyl sites for hydroxylation is 1. The van der Waals surface area contributed by atoms with Gasteiger partial charge in [-0.25, -0.2) is 14.4 Å². The minimum atomic E-state index is -0.312. The normalized spacial score (nSPS) is 11.2. The van der Waals surface area contributed by atoms with E-state index in [9.17, 15) is 4.39 Å². The molecule has 0 spiro atoms. The Morgan fingerprint density at radius 3 is 2.90 bits per heavy atom. The van der Waals surface area contributed by atoms with Crippen LogP contribution in [0.2, 0.25) is 5.02 Å². The lowest BCUT2D eigenvalue weighted by Crippen LogP contribution is -2.12. The Hall–Kier alpha value is -2.64. The summed E-state index contributed by atoms with van der Waals surface area (Å²) in [5.74, 6) is 1.25. The molecule has 29 heavy (non-hydrogen) atoms. The number of hydrogen-bond donors (Lipinski definition) is 1. The van der Waals surface area contributed by atoms with Crippen molar-refractivity contribution in [1.82, 2.24) is 14.5 Å². The van der Waals surface area contributed by atoms with Gasteiger partial charge in [-0.2, -0.15) is 0 Å². The lowest BCUT2D eigenvalue weighted by molar-refractivity contribution is 0.342. The van der Waals surface area contributed by atoms with Crippen molar-refractivity contribution in [2.24, 2.45) is 0 Å². The highest BCUT2D eigenvalue weighted by Gasteiger charge is 2.12. The second-order valence-electron chi connectivity index (χ2n) is 6.56. The van der Waals surface area contributed by atoms with Crippen molar-refractivity contribution in [2.45, 2.75) is 20.4 Å². The molecule has 0 saturated heterocycles. The Labute approximate surface area is 177 Å². The van der Waals surface area contributed by atoms with Crippen molar-refractivity contribution in [3.05, 3.63) is 58.6 Å². The molecular formula is C21H20ClFN4OS. The molecule has 0 aliphatic rings. The van der Waals surface area contributed by atoms with Crippen molar-refractivity contribution in [2.75, 3.05) is 18.5 Å². The summed E-state index contributed by atoms with van der Waals surface area (Å²) in [6.45, 7) is 5.74. The number of nitrogens with one attached hydrogen (secondary N) is 1. The summed E-state index contributed by atoms with van der Waals surface area (Å²) in [6.07, 6.45) is 1.54. The molecule has 3 heterocycles. The van der Waals surface area contributed by atoms with E-state index in [-0.39, 0.29) is 5.82 Å². The number of fused-ring (bicyclic) bond motifs is 1. The fraction of sp³-hybridized carbons (Fsp3) is 0.238. The maximum Gasteiger partial charge on any atom is 0.148 e. The average Bonchev–Trinajstić information content (AvgIpc) is 3.27. The van der Waals surface area contributed by atoms with Gasteiger partial charge in [0.2, 0.25) is 0 Å². The molecule has 150 valence electrons. The van der Waals surface area contributed by atoms with Crippen molar-refractivity contribution < 1.29 is 9.13 Å². The highest BCUT2D eigenvalue weighted by atomic mass is 35.5. The quantitative estimate of drug-likeness (QED) is 0.404. The lowest BCUT2D eigenvalue weighted by Gasteiger charge is -2.11. The molecule has 5 nitrogen and oxygen atoms in total. The summed E-state index contributed by atoms with van der Waals surface area (Å²) in [7, 11) is 0. The third-order valence-electron chi connectivity index (χ3n) is 4.57. The Balaban J connectivity index is 1.48. The van der Waals surface area contributed by atoms with Gasteiger partial charge in [-0.1, -0.05) is 11.6 Å². The van der Waals surface area contributed by atoms with Gasteiger partial charge in [0.25, 0.3) is 0 Å². The molecule has 0 saturated carbocycles. The van der Waals surface area contributed by atoms with Crippen LogP contribution in [0.25, 0.3) is 21.5 Å². The molecule has 8 heteroatoms. The molecular weight excluding hydrogens is 411 g/mol. The van der Waals surface area contributed by atoms with E-state index in [1.165, 1.54) is 12.4 Å². The first-order valence-corrected chi connectivity index (χ1v) is 10.5. The highest BCUT2D eigenvalue weighted by molar-refractivity contribution is 7.13. The minimum absolute atomic E-state index is 0.312. The number of anilines is 1. The van der Waals surface area contributed by atoms with E-state index in [4.69, 9.17) is 16.3 Å². The van der Waals surface area contributed by atoms with Crippen LogP contribution in [0, 0.1) is 12.7 Å². The van der Waals surface area contributed by atoms with Gasteiger partial charge in [-0.15, -0.1) is 11.3 Å². The Kier molecular flexibility index (Phi) is 5.69. The number of aromatic nitrogens is 3. The third kappa shape index (κ3) is 4.21. The van der Waals surface area contributed by atoms with Crippen molar-refractivity contribution in [3.8, 4) is 16.3 Å². The predicted octanol–water partition coefficient (Wildman–Crippen LogP) is 5.77. The first kappa shape index (κ1) is 19.7. The molecule has 4 rings (SSSR count). The van der Waals surface area contributed by atoms with Crippen LogP contribution in [0.15, 0.2) is 42.0 Å². The number of ether oxygens (including phenoxy) is 1. The van der Waals surface area contributed by atoms with Gasteiger partial charge in [-0.05, 0) is 32.0 Å². The molecule has 0 unspecified atom stereocenters. The van der Waals surface area contributed by atoms with Crippen molar-refractivity contribution in [3.63, 3.8) is 0 Å². The number of benzene rings is 1. The molecule has 1 N–H and O–H groups in total. The number of thiophene rings is 1. The van der Waals surface area contributed by atoms with E-state index in [2.05, 4.69) is 15.3 Å². The Bertz CT molecular complexity index is 1160. The number of hydrogen-bond acceptors (Lipinski definition) is 5. The van der Waals surface area contributed by atoms with Gasteiger partial charge in [0.15, 0.2) is 0 Å². The number of rotatable bonds is 7. The summed E-state index contributed by atoms with van der Waals surface area (Å²) in [4.78, 5) is 9.66. The molecule has 0 fully saturated rings. The fourth-order valence-corrected chi connectivity index (χ4v) is 4.34. The summed E-state index contributed by atoms with van der Waals surface area (Å²) in [5, 5.41) is 6.48. The third-order valence-corrected chi connectivity index (χ3v) is 5.71. The first-order valence-electron chi connectivity index (χ1n) is 9.27. The van der Waals surface area contributed by atoms with E-state index >= 15 is 0 Å². The van der Waals surface area contributed by atoms with Crippen molar-refractivity contribution >= 4 is 39.7 Å². The summed E-state index contributed by atoms with van der Waals surface area (Å²) >= 11 is 7.55. The van der Waals surface area contributed by atoms with Crippen LogP contribution in [0.1, 0.15) is 12.6 Å². The maximum atomic E-state index is 14.4. The van der Waals surface area contributed by atoms with Crippen LogP contribution in [0.4, 0.5) is 10.2 Å². The molecule has 1 aromatic carbocycles. The van der Waals surface area contributed by atoms with Gasteiger partial charge in [0, 0.05) is 46.7 Å². The van der Waals surface area contributed by atoms with Crippen LogP contribution in [-0.2, 0) is 6.54 Å². The molecule has 0 aliphatic carbocycles. The summed E-state index contributed by atoms with van der Waals surface area (Å²) in [5.41, 5.74) is 2.38. The number of nitrogens with zero attached hydrogens (tertiary/aromatic N) is 3. The molecule has 0 bridgehead atoms. The van der Waals surface area contributed by atoms with E-state index in [0.29, 0.717) is 30.2 Å². The van der Waals surface area contributed by atoms with E-state index in [1.807, 2.05) is 42.0 Å². The first-order chi connectivity index (χ1) is 14.0. The van der Waals surface area contributed by atoms with Gasteiger partial charge < -0.3 is 14.6 Å². The van der Waals surface area contributed by atoms with E-state index < -0.39 is 0 Å². The standard InChI is InChI=1S/C21H20ClFN4OS/c1-3-28-16-9-19(29-11-16)18-10-20(26-12-25-18)24-4-5-27-13(2)6-14-7-15(22)8-17(23)21(14)27/h6-12H,3-5H2,1-2H3,(H,24,25,26). The van der Waals surface area contributed by atoms with Gasteiger partial charge in [0.05, 0.1) is 22.7 Å². The topological polar surface area (TPSA) is 52.0 Å². The molecule has 0 aliphatic heterocycles. The molecule has 4 aromatic rings. The fourth-order valence-electron chi connectivity index (χ4n) is 3.33. The Morgan fingerprint density at radius 1 is 1.21 bits per heavy atom. The predicted molar refractivity (Wildman–Crippen MR) is 117 cm³/mol. The zero-order chi connectivity index (χ0) is 20.4. The van der Waals surface area contributed by atoms with Crippen LogP contribution in [0.3, 0.4) is 0 Å². The molecule has 0 amide bonds. The summed E-state index contributed by atoms with van der Waals surface area (Å²) in [6, 6.07) is 8.96. The van der Waals surface area contributed by atoms with Crippen LogP contribution in [0.5, 0.6) is 5.75 Å². The van der Waals surface area contributed by atoms with E-state index in [0.717, 1.165) is 33.2 Å². The minimum Gasteiger partial charge on any atom is -0.493 e. The monoisotopic (exact) mass is 430 g/mol. The highest BCUT2D eigenvalue weighted by Crippen LogP contribution is 2.30. The van der Waals surface area contributed by atoms with Crippen LogP contribution < -0.4 is 10.1 Å².